The van der Waals surface area contributed by atoms with Gasteiger partial charge in [-0.2, -0.15) is 0 Å². The van der Waals surface area contributed by atoms with Crippen molar-refractivity contribution in [2.24, 2.45) is 0 Å². The molecule has 0 radical (unpaired) electrons. The summed E-state index contributed by atoms with van der Waals surface area (Å²) in [6, 6.07) is 7.76. The van der Waals surface area contributed by atoms with Gasteiger partial charge in [0.15, 0.2) is 6.61 Å². The van der Waals surface area contributed by atoms with Crippen molar-refractivity contribution in [1.82, 2.24) is 9.80 Å². The predicted molar refractivity (Wildman–Crippen MR) is 65.6 cm³/mol. The monoisotopic (exact) mass is 223 g/mol. The van der Waals surface area contributed by atoms with Crippen molar-refractivity contribution in [2.75, 3.05) is 34.8 Å². The fourth-order valence-corrected chi connectivity index (χ4v) is 1.21. The smallest absolute Gasteiger partial charge is 0.257 e. The van der Waals surface area contributed by atoms with Gasteiger partial charge >= 0.3 is 0 Å². The van der Waals surface area contributed by atoms with Crippen LogP contribution in [0.3, 0.4) is 0 Å². The zero-order valence-electron chi connectivity index (χ0n) is 10.3. The lowest BCUT2D eigenvalue weighted by Gasteiger charge is -2.23. The number of amides is 1. The van der Waals surface area contributed by atoms with Crippen LogP contribution < -0.4 is 14.5 Å². The summed E-state index contributed by atoms with van der Waals surface area (Å²) in [6.45, 7) is 0.0527. The fourth-order valence-electron chi connectivity index (χ4n) is 1.21. The van der Waals surface area contributed by atoms with Crippen LogP contribution >= 0.6 is 0 Å². The van der Waals surface area contributed by atoms with Crippen LogP contribution in [-0.2, 0) is 4.79 Å². The van der Waals surface area contributed by atoms with Crippen LogP contribution in [0.15, 0.2) is 24.3 Å². The molecule has 4 heteroatoms. The SMILES string of the molecule is CNC(=O)COc1cccc([N+](C)(C)C)c1. The van der Waals surface area contributed by atoms with E-state index in [0.29, 0.717) is 5.75 Å². The number of quaternary nitrogens is 1. The topological polar surface area (TPSA) is 38.3 Å². The minimum Gasteiger partial charge on any atom is -0.484 e. The number of nitrogens with one attached hydrogen (secondary N) is 1. The van der Waals surface area contributed by atoms with Crippen LogP contribution in [0.25, 0.3) is 0 Å². The van der Waals surface area contributed by atoms with Gasteiger partial charge in [-0.25, -0.2) is 0 Å². The first kappa shape index (κ1) is 12.5. The molecular weight excluding hydrogens is 204 g/mol. The zero-order valence-corrected chi connectivity index (χ0v) is 10.3. The maximum Gasteiger partial charge on any atom is 0.257 e. The molecule has 1 aromatic carbocycles. The van der Waals surface area contributed by atoms with Crippen molar-refractivity contribution >= 4 is 11.6 Å². The lowest BCUT2D eigenvalue weighted by molar-refractivity contribution is -0.122. The molecule has 0 heterocycles. The van der Waals surface area contributed by atoms with E-state index in [4.69, 9.17) is 4.74 Å². The Morgan fingerprint density at radius 2 is 2.06 bits per heavy atom. The van der Waals surface area contributed by atoms with Crippen molar-refractivity contribution in [3.05, 3.63) is 24.3 Å². The van der Waals surface area contributed by atoms with Gasteiger partial charge in [-0.3, -0.25) is 9.28 Å². The van der Waals surface area contributed by atoms with Crippen LogP contribution in [0.1, 0.15) is 0 Å². The number of carbonyl (C=O) groups excluding carboxylic acids is 1. The summed E-state index contributed by atoms with van der Waals surface area (Å²) in [6.07, 6.45) is 0. The standard InChI is InChI=1S/C12H18N2O2/c1-13-12(15)9-16-11-7-5-6-10(8-11)14(2,3)4/h5-8H,9H2,1-4H3/p+1. The number of hydrogen-bond donors (Lipinski definition) is 1. The largest absolute Gasteiger partial charge is 0.484 e. The van der Waals surface area contributed by atoms with Gasteiger partial charge in [-0.1, -0.05) is 6.07 Å². The fraction of sp³-hybridized carbons (Fsp3) is 0.417. The van der Waals surface area contributed by atoms with E-state index in [1.54, 1.807) is 7.05 Å². The number of carbonyl (C=O) groups is 1. The second-order valence-corrected chi connectivity index (χ2v) is 4.47. The average Bonchev–Trinajstić information content (AvgIpc) is 2.25. The number of nitrogens with zero attached hydrogens (tertiary/aromatic N) is 1. The third kappa shape index (κ3) is 3.55. The van der Waals surface area contributed by atoms with E-state index in [0.717, 1.165) is 10.2 Å². The lowest BCUT2D eigenvalue weighted by atomic mass is 10.2. The molecule has 1 rings (SSSR count). The lowest BCUT2D eigenvalue weighted by Crippen LogP contribution is -2.34. The minimum atomic E-state index is -0.129. The minimum absolute atomic E-state index is 0.0527. The normalized spacial score (nSPS) is 11.0. The Labute approximate surface area is 96.4 Å². The molecule has 1 N–H and O–H groups in total. The number of benzene rings is 1. The van der Waals surface area contributed by atoms with Gasteiger partial charge in [0.25, 0.3) is 5.91 Å². The van der Waals surface area contributed by atoms with E-state index in [-0.39, 0.29) is 12.5 Å². The van der Waals surface area contributed by atoms with Crippen LogP contribution in [0, 0.1) is 0 Å². The molecule has 0 spiro atoms. The molecule has 0 aromatic heterocycles. The van der Waals surface area contributed by atoms with Gasteiger partial charge in [0.2, 0.25) is 0 Å². The Balaban J connectivity index is 2.72. The molecule has 16 heavy (non-hydrogen) atoms. The second kappa shape index (κ2) is 4.99. The second-order valence-electron chi connectivity index (χ2n) is 4.47. The summed E-state index contributed by atoms with van der Waals surface area (Å²) < 4.78 is 6.09. The van der Waals surface area contributed by atoms with Crippen molar-refractivity contribution in [1.29, 1.82) is 0 Å². The highest BCUT2D eigenvalue weighted by Gasteiger charge is 2.12. The Kier molecular flexibility index (Phi) is 3.90. The third-order valence-corrected chi connectivity index (χ3v) is 2.24. The summed E-state index contributed by atoms with van der Waals surface area (Å²) in [5.41, 5.74) is 1.13. The number of ether oxygens (including phenoxy) is 1. The van der Waals surface area contributed by atoms with Gasteiger partial charge in [-0.15, -0.1) is 0 Å². The first-order valence-electron chi connectivity index (χ1n) is 5.19. The van der Waals surface area contributed by atoms with Crippen LogP contribution in [0.5, 0.6) is 5.75 Å². The Hall–Kier alpha value is -1.55. The van der Waals surface area contributed by atoms with E-state index in [1.165, 1.54) is 0 Å². The molecule has 0 bridgehead atoms. The Bertz CT molecular complexity index is 370. The summed E-state index contributed by atoms with van der Waals surface area (Å²) in [5.74, 6) is 0.588. The molecular formula is C12H19N2O2+. The molecule has 0 unspecified atom stereocenters. The van der Waals surface area contributed by atoms with E-state index in [1.807, 2.05) is 24.3 Å². The highest BCUT2D eigenvalue weighted by Crippen LogP contribution is 2.22. The molecule has 0 fully saturated rings. The van der Waals surface area contributed by atoms with E-state index >= 15 is 0 Å². The molecule has 4 nitrogen and oxygen atoms in total. The highest BCUT2D eigenvalue weighted by atomic mass is 16.5. The molecule has 0 aliphatic heterocycles. The van der Waals surface area contributed by atoms with E-state index in [9.17, 15) is 4.79 Å². The number of hydrogen-bond acceptors (Lipinski definition) is 2. The molecule has 1 amide bonds. The summed E-state index contributed by atoms with van der Waals surface area (Å²) >= 11 is 0. The van der Waals surface area contributed by atoms with Crippen LogP contribution in [-0.4, -0.2) is 40.7 Å². The summed E-state index contributed by atoms with van der Waals surface area (Å²) in [7, 11) is 7.84. The first-order valence-corrected chi connectivity index (χ1v) is 5.19. The zero-order chi connectivity index (χ0) is 12.2. The number of likely N-dealkylation sites (N-methyl/N-ethyl adjacent to an activating group) is 1. The summed E-state index contributed by atoms with van der Waals surface area (Å²) in [4.78, 5) is 11.0. The average molecular weight is 223 g/mol. The molecule has 0 saturated carbocycles. The quantitative estimate of drug-likeness (QED) is 0.774. The number of rotatable bonds is 4. The third-order valence-electron chi connectivity index (χ3n) is 2.24. The van der Waals surface area contributed by atoms with E-state index < -0.39 is 0 Å². The van der Waals surface area contributed by atoms with Gasteiger partial charge < -0.3 is 10.1 Å². The van der Waals surface area contributed by atoms with Crippen molar-refractivity contribution in [3.8, 4) is 5.75 Å². The molecule has 88 valence electrons. The molecule has 0 atom stereocenters. The predicted octanol–water partition coefficient (Wildman–Crippen LogP) is 1.01. The van der Waals surface area contributed by atoms with Crippen molar-refractivity contribution in [2.45, 2.75) is 0 Å². The van der Waals surface area contributed by atoms with Crippen LogP contribution in [0.2, 0.25) is 0 Å². The van der Waals surface area contributed by atoms with Gasteiger partial charge in [0.05, 0.1) is 21.1 Å². The van der Waals surface area contributed by atoms with Gasteiger partial charge in [0.1, 0.15) is 11.4 Å². The molecule has 0 aliphatic rings. The van der Waals surface area contributed by atoms with Crippen molar-refractivity contribution in [3.63, 3.8) is 0 Å². The molecule has 0 aliphatic carbocycles. The Morgan fingerprint density at radius 3 is 2.62 bits per heavy atom. The highest BCUT2D eigenvalue weighted by molar-refractivity contribution is 5.77. The Morgan fingerprint density at radius 1 is 1.38 bits per heavy atom. The molecule has 1 aromatic rings. The maximum atomic E-state index is 11.0. The summed E-state index contributed by atoms with van der Waals surface area (Å²) in [5, 5.41) is 2.51. The van der Waals surface area contributed by atoms with Crippen LogP contribution in [0.4, 0.5) is 5.69 Å². The molecule has 0 saturated heterocycles. The van der Waals surface area contributed by atoms with E-state index in [2.05, 4.69) is 26.5 Å². The maximum absolute atomic E-state index is 11.0. The van der Waals surface area contributed by atoms with Gasteiger partial charge in [-0.05, 0) is 12.1 Å². The van der Waals surface area contributed by atoms with Crippen molar-refractivity contribution < 1.29 is 9.53 Å². The first-order chi connectivity index (χ1) is 7.43. The van der Waals surface area contributed by atoms with Gasteiger partial charge in [0, 0.05) is 13.1 Å².